The fraction of sp³-hybridized carbons (Fsp3) is 0.571. The Labute approximate surface area is 107 Å². The van der Waals surface area contributed by atoms with Crippen molar-refractivity contribution in [2.45, 2.75) is 37.1 Å². The van der Waals surface area contributed by atoms with E-state index in [0.29, 0.717) is 6.04 Å². The van der Waals surface area contributed by atoms with Crippen LogP contribution in [0.25, 0.3) is 0 Å². The lowest BCUT2D eigenvalue weighted by Gasteiger charge is -2.34. The molecule has 0 bridgehead atoms. The maximum Gasteiger partial charge on any atom is 0.136 e. The van der Waals surface area contributed by atoms with Crippen LogP contribution in [-0.2, 0) is 0 Å². The summed E-state index contributed by atoms with van der Waals surface area (Å²) < 4.78 is 13.5. The number of hydrogen-bond donors (Lipinski definition) is 1. The standard InChI is InChI=1S/C14H20FNS/c1-2-16-13(11-6-5-7-11)10-17-14-9-4-3-8-12(14)15/h3-4,8-9,11,13,16H,2,5-7,10H2,1H3. The first kappa shape index (κ1) is 12.9. The molecular weight excluding hydrogens is 233 g/mol. The van der Waals surface area contributed by atoms with Gasteiger partial charge in [-0.2, -0.15) is 0 Å². The predicted octanol–water partition coefficient (Wildman–Crippen LogP) is 3.70. The smallest absolute Gasteiger partial charge is 0.136 e. The molecular formula is C14H20FNS. The molecule has 0 heterocycles. The number of rotatable bonds is 6. The molecule has 0 aliphatic heterocycles. The maximum absolute atomic E-state index is 13.5. The van der Waals surface area contributed by atoms with E-state index < -0.39 is 0 Å². The van der Waals surface area contributed by atoms with Crippen molar-refractivity contribution in [3.63, 3.8) is 0 Å². The summed E-state index contributed by atoms with van der Waals surface area (Å²) in [6.07, 6.45) is 4.02. The largest absolute Gasteiger partial charge is 0.313 e. The third-order valence-electron chi connectivity index (χ3n) is 3.44. The molecule has 1 aromatic carbocycles. The second-order valence-electron chi connectivity index (χ2n) is 4.60. The molecule has 1 nitrogen and oxygen atoms in total. The Kier molecular flexibility index (Phi) is 4.86. The van der Waals surface area contributed by atoms with Crippen LogP contribution in [0.5, 0.6) is 0 Å². The molecule has 1 N–H and O–H groups in total. The Morgan fingerprint density at radius 3 is 2.76 bits per heavy atom. The lowest BCUT2D eigenvalue weighted by Crippen LogP contribution is -2.41. The van der Waals surface area contributed by atoms with E-state index in [-0.39, 0.29) is 5.82 Å². The summed E-state index contributed by atoms with van der Waals surface area (Å²) in [4.78, 5) is 0.773. The summed E-state index contributed by atoms with van der Waals surface area (Å²) >= 11 is 1.64. The quantitative estimate of drug-likeness (QED) is 0.776. The number of halogens is 1. The van der Waals surface area contributed by atoms with Gasteiger partial charge in [0.15, 0.2) is 0 Å². The minimum Gasteiger partial charge on any atom is -0.313 e. The number of benzene rings is 1. The number of thioether (sulfide) groups is 1. The highest BCUT2D eigenvalue weighted by Gasteiger charge is 2.26. The third kappa shape index (κ3) is 3.46. The minimum absolute atomic E-state index is 0.0960. The van der Waals surface area contributed by atoms with Crippen molar-refractivity contribution in [3.8, 4) is 0 Å². The summed E-state index contributed by atoms with van der Waals surface area (Å²) in [6, 6.07) is 7.58. The topological polar surface area (TPSA) is 12.0 Å². The average molecular weight is 253 g/mol. The Hall–Kier alpha value is -0.540. The summed E-state index contributed by atoms with van der Waals surface area (Å²) in [6.45, 7) is 3.14. The van der Waals surface area contributed by atoms with Gasteiger partial charge in [-0.25, -0.2) is 4.39 Å². The predicted molar refractivity (Wildman–Crippen MR) is 71.9 cm³/mol. The summed E-state index contributed by atoms with van der Waals surface area (Å²) in [7, 11) is 0. The molecule has 94 valence electrons. The van der Waals surface area contributed by atoms with Gasteiger partial charge in [0.2, 0.25) is 0 Å². The highest BCUT2D eigenvalue weighted by atomic mass is 32.2. The van der Waals surface area contributed by atoms with E-state index in [1.54, 1.807) is 17.8 Å². The van der Waals surface area contributed by atoms with Gasteiger partial charge in [-0.05, 0) is 37.4 Å². The monoisotopic (exact) mass is 253 g/mol. The van der Waals surface area contributed by atoms with Crippen LogP contribution in [0.15, 0.2) is 29.2 Å². The molecule has 0 saturated heterocycles. The molecule has 1 saturated carbocycles. The fourth-order valence-corrected chi connectivity index (χ4v) is 3.34. The molecule has 1 unspecified atom stereocenters. The molecule has 17 heavy (non-hydrogen) atoms. The molecule has 0 aromatic heterocycles. The van der Waals surface area contributed by atoms with E-state index >= 15 is 0 Å². The maximum atomic E-state index is 13.5. The first-order valence-electron chi connectivity index (χ1n) is 6.42. The van der Waals surface area contributed by atoms with Crippen molar-refractivity contribution in [1.82, 2.24) is 5.32 Å². The van der Waals surface area contributed by atoms with Gasteiger partial charge >= 0.3 is 0 Å². The van der Waals surface area contributed by atoms with Gasteiger partial charge in [-0.3, -0.25) is 0 Å². The van der Waals surface area contributed by atoms with Gasteiger partial charge in [-0.1, -0.05) is 25.5 Å². The van der Waals surface area contributed by atoms with Gasteiger partial charge in [-0.15, -0.1) is 11.8 Å². The van der Waals surface area contributed by atoms with Crippen LogP contribution in [-0.4, -0.2) is 18.3 Å². The summed E-state index contributed by atoms with van der Waals surface area (Å²) in [5.74, 6) is 1.68. The third-order valence-corrected chi connectivity index (χ3v) is 4.61. The highest BCUT2D eigenvalue weighted by Crippen LogP contribution is 2.32. The number of hydrogen-bond acceptors (Lipinski definition) is 2. The van der Waals surface area contributed by atoms with Gasteiger partial charge in [0.05, 0.1) is 0 Å². The molecule has 1 aliphatic carbocycles. The Balaban J connectivity index is 1.88. The fourth-order valence-electron chi connectivity index (χ4n) is 2.21. The Morgan fingerprint density at radius 1 is 1.41 bits per heavy atom. The van der Waals surface area contributed by atoms with Gasteiger partial charge in [0.1, 0.15) is 5.82 Å². The lowest BCUT2D eigenvalue weighted by atomic mass is 9.80. The number of nitrogens with one attached hydrogen (secondary N) is 1. The summed E-state index contributed by atoms with van der Waals surface area (Å²) in [5, 5.41) is 3.53. The van der Waals surface area contributed by atoms with E-state index in [2.05, 4.69) is 12.2 Å². The average Bonchev–Trinajstić information content (AvgIpc) is 2.25. The van der Waals surface area contributed by atoms with Crippen LogP contribution in [0.2, 0.25) is 0 Å². The normalized spacial score (nSPS) is 17.8. The Morgan fingerprint density at radius 2 is 2.18 bits per heavy atom. The first-order valence-corrected chi connectivity index (χ1v) is 7.40. The van der Waals surface area contributed by atoms with E-state index in [1.807, 2.05) is 12.1 Å². The second-order valence-corrected chi connectivity index (χ2v) is 5.66. The van der Waals surface area contributed by atoms with Crippen molar-refractivity contribution >= 4 is 11.8 Å². The zero-order valence-electron chi connectivity index (χ0n) is 10.3. The van der Waals surface area contributed by atoms with Crippen LogP contribution in [0.1, 0.15) is 26.2 Å². The van der Waals surface area contributed by atoms with E-state index in [0.717, 1.165) is 23.1 Å². The first-order chi connectivity index (χ1) is 8.31. The van der Waals surface area contributed by atoms with Crippen LogP contribution in [0, 0.1) is 11.7 Å². The van der Waals surface area contributed by atoms with Crippen molar-refractivity contribution in [1.29, 1.82) is 0 Å². The van der Waals surface area contributed by atoms with E-state index in [9.17, 15) is 4.39 Å². The van der Waals surface area contributed by atoms with Crippen LogP contribution in [0.3, 0.4) is 0 Å². The van der Waals surface area contributed by atoms with Crippen LogP contribution < -0.4 is 5.32 Å². The lowest BCUT2D eigenvalue weighted by molar-refractivity contribution is 0.246. The SMILES string of the molecule is CCNC(CSc1ccccc1F)C1CCC1. The molecule has 1 fully saturated rings. The van der Waals surface area contributed by atoms with Crippen molar-refractivity contribution in [3.05, 3.63) is 30.1 Å². The second kappa shape index (κ2) is 6.41. The van der Waals surface area contributed by atoms with Crippen molar-refractivity contribution in [2.75, 3.05) is 12.3 Å². The van der Waals surface area contributed by atoms with Gasteiger partial charge < -0.3 is 5.32 Å². The molecule has 0 radical (unpaired) electrons. The van der Waals surface area contributed by atoms with Crippen molar-refractivity contribution < 1.29 is 4.39 Å². The summed E-state index contributed by atoms with van der Waals surface area (Å²) in [5.41, 5.74) is 0. The van der Waals surface area contributed by atoms with Gasteiger partial charge in [0, 0.05) is 16.7 Å². The van der Waals surface area contributed by atoms with Gasteiger partial charge in [0.25, 0.3) is 0 Å². The van der Waals surface area contributed by atoms with Crippen LogP contribution >= 0.6 is 11.8 Å². The van der Waals surface area contributed by atoms with E-state index in [1.165, 1.54) is 25.3 Å². The highest BCUT2D eigenvalue weighted by molar-refractivity contribution is 7.99. The molecule has 1 atom stereocenters. The molecule has 0 amide bonds. The molecule has 1 aliphatic rings. The Bertz CT molecular complexity index is 352. The zero-order valence-corrected chi connectivity index (χ0v) is 11.1. The minimum atomic E-state index is -0.0960. The van der Waals surface area contributed by atoms with Crippen molar-refractivity contribution in [2.24, 2.45) is 5.92 Å². The molecule has 0 spiro atoms. The molecule has 1 aromatic rings. The van der Waals surface area contributed by atoms with E-state index in [4.69, 9.17) is 0 Å². The molecule has 3 heteroatoms. The van der Waals surface area contributed by atoms with Crippen LogP contribution in [0.4, 0.5) is 4.39 Å². The molecule has 2 rings (SSSR count). The zero-order chi connectivity index (χ0) is 12.1.